The summed E-state index contributed by atoms with van der Waals surface area (Å²) in [6.45, 7) is 1.45. The molecule has 94 valence electrons. The Hall–Kier alpha value is -0.960. The van der Waals surface area contributed by atoms with Crippen molar-refractivity contribution in [1.82, 2.24) is 0 Å². The van der Waals surface area contributed by atoms with Gasteiger partial charge in [0.05, 0.1) is 5.54 Å². The number of hydrogen-bond donors (Lipinski definition) is 1. The lowest BCUT2D eigenvalue weighted by atomic mass is 9.76. The molecular weight excluding hydrogens is 220 g/mol. The van der Waals surface area contributed by atoms with Crippen molar-refractivity contribution in [2.24, 2.45) is 5.73 Å². The summed E-state index contributed by atoms with van der Waals surface area (Å²) in [7, 11) is 0. The maximum Gasteiger partial charge on any atom is 0.256 e. The molecule has 2 rings (SSSR count). The van der Waals surface area contributed by atoms with Crippen LogP contribution in [0.5, 0.6) is 0 Å². The third-order valence-corrected chi connectivity index (χ3v) is 3.68. The van der Waals surface area contributed by atoms with Crippen molar-refractivity contribution in [3.63, 3.8) is 0 Å². The van der Waals surface area contributed by atoms with Crippen LogP contribution in [0.15, 0.2) is 24.3 Å². The van der Waals surface area contributed by atoms with E-state index in [4.69, 9.17) is 5.73 Å². The lowest BCUT2D eigenvalue weighted by Gasteiger charge is -2.32. The Labute approximate surface area is 101 Å². The zero-order valence-electron chi connectivity index (χ0n) is 10.1. The molecule has 0 heterocycles. The highest BCUT2D eigenvalue weighted by molar-refractivity contribution is 5.32. The van der Waals surface area contributed by atoms with Gasteiger partial charge in [-0.3, -0.25) is 0 Å². The fourth-order valence-corrected chi connectivity index (χ4v) is 2.69. The molecule has 0 amide bonds. The Kier molecular flexibility index (Phi) is 3.48. The highest BCUT2D eigenvalue weighted by atomic mass is 19.3. The largest absolute Gasteiger partial charge is 0.321 e. The summed E-state index contributed by atoms with van der Waals surface area (Å²) < 4.78 is 25.6. The first-order valence-electron chi connectivity index (χ1n) is 6.15. The Morgan fingerprint density at radius 3 is 2.82 bits per heavy atom. The van der Waals surface area contributed by atoms with Crippen LogP contribution in [0.3, 0.4) is 0 Å². The average Bonchev–Trinajstić information content (AvgIpc) is 2.29. The number of fused-ring (bicyclic) bond motifs is 1. The molecule has 1 aliphatic rings. The number of nitrogens with two attached hydrogens (primary N) is 1. The van der Waals surface area contributed by atoms with Crippen LogP contribution >= 0.6 is 0 Å². The van der Waals surface area contributed by atoms with Gasteiger partial charge in [-0.2, -0.15) is 0 Å². The molecule has 0 fully saturated rings. The van der Waals surface area contributed by atoms with Crippen molar-refractivity contribution in [3.05, 3.63) is 35.4 Å². The van der Waals surface area contributed by atoms with E-state index in [1.807, 2.05) is 12.1 Å². The summed E-state index contributed by atoms with van der Waals surface area (Å²) in [6.07, 6.45) is 0.999. The molecule has 0 bridgehead atoms. The van der Waals surface area contributed by atoms with E-state index in [1.165, 1.54) is 18.1 Å². The van der Waals surface area contributed by atoms with Crippen molar-refractivity contribution < 1.29 is 8.78 Å². The van der Waals surface area contributed by atoms with E-state index in [0.717, 1.165) is 19.3 Å². The van der Waals surface area contributed by atoms with Gasteiger partial charge in [0.2, 0.25) is 0 Å². The molecule has 1 aromatic rings. The van der Waals surface area contributed by atoms with Crippen LogP contribution in [0.4, 0.5) is 8.78 Å². The molecule has 1 nitrogen and oxygen atoms in total. The van der Waals surface area contributed by atoms with Crippen molar-refractivity contribution in [2.75, 3.05) is 0 Å². The summed E-state index contributed by atoms with van der Waals surface area (Å²) >= 11 is 0. The molecule has 0 saturated heterocycles. The van der Waals surface area contributed by atoms with E-state index in [0.29, 0.717) is 6.42 Å². The smallest absolute Gasteiger partial charge is 0.256 e. The molecule has 0 aromatic heterocycles. The zero-order chi connectivity index (χ0) is 12.5. The second-order valence-corrected chi connectivity index (χ2v) is 5.30. The molecule has 2 N–H and O–H groups in total. The van der Waals surface area contributed by atoms with Crippen LogP contribution in [0, 0.1) is 0 Å². The summed E-state index contributed by atoms with van der Waals surface area (Å²) in [5.74, 6) is 0.184. The van der Waals surface area contributed by atoms with E-state index in [2.05, 4.69) is 12.1 Å². The van der Waals surface area contributed by atoms with Gasteiger partial charge in [-0.15, -0.1) is 0 Å². The summed E-state index contributed by atoms with van der Waals surface area (Å²) in [4.78, 5) is 0. The normalized spacial score (nSPS) is 23.2. The number of alkyl halides is 2. The molecule has 0 spiro atoms. The van der Waals surface area contributed by atoms with Gasteiger partial charge < -0.3 is 5.73 Å². The first kappa shape index (κ1) is 12.5. The van der Waals surface area contributed by atoms with Gasteiger partial charge in [-0.25, -0.2) is 8.78 Å². The van der Waals surface area contributed by atoms with Gasteiger partial charge in [0, 0.05) is 0 Å². The average molecular weight is 239 g/mol. The van der Waals surface area contributed by atoms with Crippen molar-refractivity contribution >= 4 is 0 Å². The molecule has 0 saturated carbocycles. The number of hydrogen-bond acceptors (Lipinski definition) is 1. The second kappa shape index (κ2) is 4.73. The van der Waals surface area contributed by atoms with Crippen LogP contribution in [0.1, 0.15) is 43.2 Å². The highest BCUT2D eigenvalue weighted by Gasteiger charge is 2.34. The molecule has 17 heavy (non-hydrogen) atoms. The minimum absolute atomic E-state index is 0.184. The third-order valence-electron chi connectivity index (χ3n) is 3.68. The fourth-order valence-electron chi connectivity index (χ4n) is 2.69. The first-order chi connectivity index (χ1) is 8.00. The van der Waals surface area contributed by atoms with E-state index >= 15 is 0 Å². The molecule has 1 aromatic carbocycles. The number of aryl methyl sites for hydroxylation is 1. The Morgan fingerprint density at radius 2 is 2.12 bits per heavy atom. The van der Waals surface area contributed by atoms with Crippen molar-refractivity contribution in [3.8, 4) is 0 Å². The van der Waals surface area contributed by atoms with Crippen LogP contribution in [-0.2, 0) is 6.42 Å². The fraction of sp³-hybridized carbons (Fsp3) is 0.571. The minimum Gasteiger partial charge on any atom is -0.321 e. The van der Waals surface area contributed by atoms with Gasteiger partial charge in [0.15, 0.2) is 0 Å². The van der Waals surface area contributed by atoms with Gasteiger partial charge in [0.25, 0.3) is 6.43 Å². The maximum atomic E-state index is 12.8. The Balaban J connectivity index is 2.19. The van der Waals surface area contributed by atoms with Crippen LogP contribution in [0.2, 0.25) is 0 Å². The SMILES string of the molecule is CC(N)(CC1CCCc2ccccc21)C(F)F. The predicted octanol–water partition coefficient (Wildman–Crippen LogP) is 3.48. The topological polar surface area (TPSA) is 26.0 Å². The molecule has 2 unspecified atom stereocenters. The third kappa shape index (κ3) is 2.65. The Bertz CT molecular complexity index is 388. The molecular formula is C14H19F2N. The molecule has 0 radical (unpaired) electrons. The summed E-state index contributed by atoms with van der Waals surface area (Å²) in [6, 6.07) is 8.14. The molecule has 0 aliphatic heterocycles. The van der Waals surface area contributed by atoms with Crippen molar-refractivity contribution in [2.45, 2.75) is 50.5 Å². The summed E-state index contributed by atoms with van der Waals surface area (Å²) in [5.41, 5.74) is 6.84. The van der Waals surface area contributed by atoms with E-state index < -0.39 is 12.0 Å². The van der Waals surface area contributed by atoms with E-state index in [1.54, 1.807) is 0 Å². The first-order valence-corrected chi connectivity index (χ1v) is 6.15. The van der Waals surface area contributed by atoms with E-state index in [-0.39, 0.29) is 5.92 Å². The van der Waals surface area contributed by atoms with Crippen LogP contribution in [-0.4, -0.2) is 12.0 Å². The van der Waals surface area contributed by atoms with Crippen molar-refractivity contribution in [1.29, 1.82) is 0 Å². The summed E-state index contributed by atoms with van der Waals surface area (Å²) in [5, 5.41) is 0. The van der Waals surface area contributed by atoms with Crippen LogP contribution < -0.4 is 5.73 Å². The minimum atomic E-state index is -2.46. The molecule has 2 atom stereocenters. The standard InChI is InChI=1S/C14H19F2N/c1-14(17,13(15)16)9-11-7-4-6-10-5-2-3-8-12(10)11/h2-3,5,8,11,13H,4,6-7,9,17H2,1H3. The monoisotopic (exact) mass is 239 g/mol. The molecule has 3 heteroatoms. The van der Waals surface area contributed by atoms with Gasteiger partial charge in [0.1, 0.15) is 0 Å². The Morgan fingerprint density at radius 1 is 1.41 bits per heavy atom. The van der Waals surface area contributed by atoms with Gasteiger partial charge in [-0.05, 0) is 49.7 Å². The lowest BCUT2D eigenvalue weighted by Crippen LogP contribution is -2.45. The van der Waals surface area contributed by atoms with Gasteiger partial charge >= 0.3 is 0 Å². The zero-order valence-corrected chi connectivity index (χ0v) is 10.1. The quantitative estimate of drug-likeness (QED) is 0.858. The second-order valence-electron chi connectivity index (χ2n) is 5.30. The maximum absolute atomic E-state index is 12.8. The van der Waals surface area contributed by atoms with E-state index in [9.17, 15) is 8.78 Å². The predicted molar refractivity (Wildman–Crippen MR) is 65.3 cm³/mol. The van der Waals surface area contributed by atoms with Gasteiger partial charge in [-0.1, -0.05) is 24.3 Å². The number of benzene rings is 1. The lowest BCUT2D eigenvalue weighted by molar-refractivity contribution is 0.0536. The number of halogens is 2. The number of rotatable bonds is 3. The molecule has 1 aliphatic carbocycles. The van der Waals surface area contributed by atoms with Crippen LogP contribution in [0.25, 0.3) is 0 Å². The highest BCUT2D eigenvalue weighted by Crippen LogP contribution is 2.37.